The molecule has 25 heavy (non-hydrogen) atoms. The molecule has 1 aromatic carbocycles. The zero-order valence-electron chi connectivity index (χ0n) is 14.8. The van der Waals surface area contributed by atoms with Crippen molar-refractivity contribution in [3.8, 4) is 5.75 Å². The van der Waals surface area contributed by atoms with E-state index in [1.165, 1.54) is 11.3 Å². The van der Waals surface area contributed by atoms with Gasteiger partial charge in [0, 0.05) is 15.2 Å². The van der Waals surface area contributed by atoms with Gasteiger partial charge in [-0.25, -0.2) is 9.69 Å². The summed E-state index contributed by atoms with van der Waals surface area (Å²) in [5, 5.41) is 3.49. The van der Waals surface area contributed by atoms with Gasteiger partial charge in [-0.3, -0.25) is 4.79 Å². The minimum atomic E-state index is -0.720. The molecular weight excluding hydrogens is 406 g/mol. The number of hydrogen-bond acceptors (Lipinski definition) is 5. The number of nitrogens with zero attached hydrogens (tertiary/aromatic N) is 1. The summed E-state index contributed by atoms with van der Waals surface area (Å²) in [5.41, 5.74) is 0.871. The second-order valence-corrected chi connectivity index (χ2v) is 8.00. The molecule has 5 nitrogen and oxygen atoms in total. The predicted octanol–water partition coefficient (Wildman–Crippen LogP) is 5.41. The van der Waals surface area contributed by atoms with Gasteiger partial charge in [0.05, 0.1) is 18.4 Å². The number of ether oxygens (including phenoxy) is 2. The molecule has 0 spiro atoms. The predicted molar refractivity (Wildman–Crippen MR) is 103 cm³/mol. The highest BCUT2D eigenvalue weighted by Crippen LogP contribution is 2.30. The summed E-state index contributed by atoms with van der Waals surface area (Å²) in [6, 6.07) is 5.15. The van der Waals surface area contributed by atoms with E-state index in [1.807, 2.05) is 6.92 Å². The van der Waals surface area contributed by atoms with Crippen LogP contribution in [0.1, 0.15) is 36.7 Å². The molecule has 0 unspecified atom stereocenters. The Morgan fingerprint density at radius 3 is 2.36 bits per heavy atom. The van der Waals surface area contributed by atoms with Crippen molar-refractivity contribution in [3.05, 3.63) is 44.6 Å². The molecule has 0 N–H and O–H groups in total. The Morgan fingerprint density at radius 1 is 1.20 bits per heavy atom. The van der Waals surface area contributed by atoms with Gasteiger partial charge in [0.25, 0.3) is 5.91 Å². The average Bonchev–Trinajstić information content (AvgIpc) is 2.93. The van der Waals surface area contributed by atoms with E-state index in [9.17, 15) is 9.59 Å². The lowest BCUT2D eigenvalue weighted by atomic mass is 10.1. The SMILES string of the molecule is COc1ccc(N(C(=O)OC(C)(C)C)C(=O)c2cscc2Br)c(C)c1. The van der Waals surface area contributed by atoms with E-state index in [1.54, 1.807) is 56.8 Å². The van der Waals surface area contributed by atoms with Gasteiger partial charge in [-0.2, -0.15) is 11.3 Å². The van der Waals surface area contributed by atoms with Crippen LogP contribution in [-0.2, 0) is 4.74 Å². The largest absolute Gasteiger partial charge is 0.497 e. The van der Waals surface area contributed by atoms with Crippen molar-refractivity contribution < 1.29 is 19.1 Å². The van der Waals surface area contributed by atoms with Gasteiger partial charge in [-0.1, -0.05) is 0 Å². The summed E-state index contributed by atoms with van der Waals surface area (Å²) < 4.78 is 11.3. The molecule has 1 heterocycles. The summed E-state index contributed by atoms with van der Waals surface area (Å²) in [5.74, 6) is 0.199. The Labute approximate surface area is 159 Å². The van der Waals surface area contributed by atoms with Crippen molar-refractivity contribution in [2.24, 2.45) is 0 Å². The number of anilines is 1. The van der Waals surface area contributed by atoms with Gasteiger partial charge in [0.2, 0.25) is 0 Å². The molecule has 0 bridgehead atoms. The first-order valence-electron chi connectivity index (χ1n) is 7.58. The van der Waals surface area contributed by atoms with Crippen LogP contribution in [0.3, 0.4) is 0 Å². The first-order chi connectivity index (χ1) is 11.6. The molecule has 0 saturated carbocycles. The van der Waals surface area contributed by atoms with Gasteiger partial charge >= 0.3 is 6.09 Å². The van der Waals surface area contributed by atoms with Crippen molar-refractivity contribution in [1.82, 2.24) is 0 Å². The topological polar surface area (TPSA) is 55.8 Å². The number of halogens is 1. The summed E-state index contributed by atoms with van der Waals surface area (Å²) in [7, 11) is 1.56. The number of methoxy groups -OCH3 is 1. The van der Waals surface area contributed by atoms with E-state index in [2.05, 4.69) is 15.9 Å². The standard InChI is InChI=1S/C18H20BrNO4S/c1-11-8-12(23-5)6-7-15(11)20(17(22)24-18(2,3)4)16(21)13-9-25-10-14(13)19/h6-10H,1-5H3. The molecule has 0 fully saturated rings. The normalized spacial score (nSPS) is 11.1. The highest BCUT2D eigenvalue weighted by molar-refractivity contribution is 9.10. The summed E-state index contributed by atoms with van der Waals surface area (Å²) in [4.78, 5) is 26.8. The minimum absolute atomic E-state index is 0.408. The van der Waals surface area contributed by atoms with Crippen molar-refractivity contribution in [1.29, 1.82) is 0 Å². The van der Waals surface area contributed by atoms with Gasteiger partial charge in [-0.05, 0) is 67.4 Å². The number of amides is 2. The molecular formula is C18H20BrNO4S. The third-order valence-corrected chi connectivity index (χ3v) is 4.97. The van der Waals surface area contributed by atoms with Gasteiger partial charge in [0.1, 0.15) is 11.4 Å². The molecule has 0 atom stereocenters. The minimum Gasteiger partial charge on any atom is -0.497 e. The van der Waals surface area contributed by atoms with E-state index in [0.29, 0.717) is 21.5 Å². The van der Waals surface area contributed by atoms with Crippen LogP contribution >= 0.6 is 27.3 Å². The van der Waals surface area contributed by atoms with Gasteiger partial charge in [0.15, 0.2) is 0 Å². The molecule has 2 aromatic rings. The maximum Gasteiger partial charge on any atom is 0.422 e. The second-order valence-electron chi connectivity index (χ2n) is 6.41. The number of carbonyl (C=O) groups excluding carboxylic acids is 2. The Morgan fingerprint density at radius 2 is 1.88 bits per heavy atom. The Bertz CT molecular complexity index is 795. The quantitative estimate of drug-likeness (QED) is 0.659. The number of hydrogen-bond donors (Lipinski definition) is 0. The van der Waals surface area contributed by atoms with Crippen LogP contribution in [-0.4, -0.2) is 24.7 Å². The molecule has 2 amide bonds. The fourth-order valence-corrected chi connectivity index (χ4v) is 3.60. The van der Waals surface area contributed by atoms with Gasteiger partial charge < -0.3 is 9.47 Å². The Balaban J connectivity index is 2.51. The average molecular weight is 426 g/mol. The van der Waals surface area contributed by atoms with Crippen molar-refractivity contribution in [2.75, 3.05) is 12.0 Å². The molecule has 0 aliphatic carbocycles. The first kappa shape index (κ1) is 19.5. The molecule has 0 saturated heterocycles. The highest BCUT2D eigenvalue weighted by atomic mass is 79.9. The Kier molecular flexibility index (Phi) is 5.90. The summed E-state index contributed by atoms with van der Waals surface area (Å²) in [6.07, 6.45) is -0.719. The number of rotatable bonds is 3. The van der Waals surface area contributed by atoms with Crippen LogP contribution in [0.4, 0.5) is 10.5 Å². The number of carbonyl (C=O) groups is 2. The molecule has 0 aliphatic heterocycles. The summed E-state index contributed by atoms with van der Waals surface area (Å²) >= 11 is 4.73. The van der Waals surface area contributed by atoms with Crippen LogP contribution in [0.15, 0.2) is 33.4 Å². The van der Waals surface area contributed by atoms with Gasteiger partial charge in [-0.15, -0.1) is 0 Å². The maximum absolute atomic E-state index is 13.0. The Hall–Kier alpha value is -1.86. The van der Waals surface area contributed by atoms with E-state index >= 15 is 0 Å². The lowest BCUT2D eigenvalue weighted by molar-refractivity contribution is 0.0564. The highest BCUT2D eigenvalue weighted by Gasteiger charge is 2.31. The zero-order valence-corrected chi connectivity index (χ0v) is 17.2. The summed E-state index contributed by atoms with van der Waals surface area (Å²) in [6.45, 7) is 7.09. The molecule has 0 radical (unpaired) electrons. The van der Waals surface area contributed by atoms with Crippen LogP contribution in [0.5, 0.6) is 5.75 Å². The van der Waals surface area contributed by atoms with Crippen molar-refractivity contribution >= 4 is 45.0 Å². The van der Waals surface area contributed by atoms with E-state index < -0.39 is 17.6 Å². The second kappa shape index (κ2) is 7.58. The van der Waals surface area contributed by atoms with E-state index in [-0.39, 0.29) is 0 Å². The lowest BCUT2D eigenvalue weighted by Crippen LogP contribution is -2.41. The fourth-order valence-electron chi connectivity index (χ4n) is 2.16. The lowest BCUT2D eigenvalue weighted by Gasteiger charge is -2.27. The van der Waals surface area contributed by atoms with Crippen LogP contribution in [0, 0.1) is 6.92 Å². The monoisotopic (exact) mass is 425 g/mol. The van der Waals surface area contributed by atoms with Crippen molar-refractivity contribution in [3.63, 3.8) is 0 Å². The van der Waals surface area contributed by atoms with Crippen molar-refractivity contribution in [2.45, 2.75) is 33.3 Å². The molecule has 134 valence electrons. The maximum atomic E-state index is 13.0. The third-order valence-electron chi connectivity index (χ3n) is 3.27. The number of imide groups is 1. The van der Waals surface area contributed by atoms with E-state index in [0.717, 1.165) is 10.5 Å². The van der Waals surface area contributed by atoms with Crippen LogP contribution in [0.25, 0.3) is 0 Å². The molecule has 7 heteroatoms. The zero-order chi connectivity index (χ0) is 18.8. The number of aryl methyl sites for hydroxylation is 1. The third kappa shape index (κ3) is 4.61. The fraction of sp³-hybridized carbons (Fsp3) is 0.333. The van der Waals surface area contributed by atoms with Crippen LogP contribution in [0.2, 0.25) is 0 Å². The number of thiophene rings is 1. The first-order valence-corrected chi connectivity index (χ1v) is 9.31. The molecule has 1 aromatic heterocycles. The number of benzene rings is 1. The molecule has 2 rings (SSSR count). The van der Waals surface area contributed by atoms with E-state index in [4.69, 9.17) is 9.47 Å². The smallest absolute Gasteiger partial charge is 0.422 e. The van der Waals surface area contributed by atoms with Crippen LogP contribution < -0.4 is 9.64 Å². The molecule has 0 aliphatic rings.